The standard InChI is InChI=1S/C24H22N6O5.C7H8/c25-22(30-26)16-7-4-8-17(11-16)29-21(32)9-10-27-23(33)19-12-18(31)13-20(35-19)24(34)28-14-15-5-2-1-3-6-15;1-7-5-3-2-4-6-7/h1-8,11-13,25-26H,9-10,14H2,(H,27,33)(H,28,34)(H,29,32);2-6H,1H3. The van der Waals surface area contributed by atoms with Gasteiger partial charge in [-0.05, 0) is 24.6 Å². The van der Waals surface area contributed by atoms with E-state index in [-0.39, 0.29) is 36.9 Å². The number of nitrogens with one attached hydrogen (secondary N) is 5. The Morgan fingerprint density at radius 3 is 2.02 bits per heavy atom. The molecule has 3 aromatic carbocycles. The minimum atomic E-state index is -0.750. The van der Waals surface area contributed by atoms with Crippen molar-refractivity contribution < 1.29 is 18.8 Å². The normalized spacial score (nSPS) is 9.93. The van der Waals surface area contributed by atoms with Crippen molar-refractivity contribution in [1.29, 1.82) is 10.9 Å². The number of anilines is 1. The molecular formula is C31H30N6O5. The maximum atomic E-state index is 12.4. The number of carbonyl (C=O) groups excluding carboxylic acids is 3. The van der Waals surface area contributed by atoms with Gasteiger partial charge in [-0.3, -0.25) is 24.6 Å². The van der Waals surface area contributed by atoms with Crippen molar-refractivity contribution in [3.8, 4) is 0 Å². The molecule has 42 heavy (non-hydrogen) atoms. The summed E-state index contributed by atoms with van der Waals surface area (Å²) >= 11 is 0. The Hall–Kier alpha value is -5.71. The minimum Gasteiger partial charge on any atom is -0.445 e. The van der Waals surface area contributed by atoms with E-state index in [1.54, 1.807) is 18.2 Å². The van der Waals surface area contributed by atoms with Gasteiger partial charge in [-0.25, -0.2) is 5.53 Å². The van der Waals surface area contributed by atoms with Crippen LogP contribution < -0.4 is 21.4 Å². The maximum Gasteiger partial charge on any atom is 0.287 e. The summed E-state index contributed by atoms with van der Waals surface area (Å²) in [5, 5.41) is 18.3. The predicted octanol–water partition coefficient (Wildman–Crippen LogP) is 4.68. The molecule has 0 aliphatic carbocycles. The fourth-order valence-electron chi connectivity index (χ4n) is 3.51. The van der Waals surface area contributed by atoms with Gasteiger partial charge in [0, 0.05) is 42.9 Å². The zero-order valence-electron chi connectivity index (χ0n) is 22.8. The van der Waals surface area contributed by atoms with Crippen LogP contribution in [0.15, 0.2) is 111 Å². The molecule has 0 saturated heterocycles. The molecule has 11 nitrogen and oxygen atoms in total. The lowest BCUT2D eigenvalue weighted by Crippen LogP contribution is -2.29. The number of benzene rings is 3. The first-order valence-electron chi connectivity index (χ1n) is 12.9. The molecular weight excluding hydrogens is 536 g/mol. The van der Waals surface area contributed by atoms with E-state index < -0.39 is 23.2 Å². The Morgan fingerprint density at radius 2 is 1.43 bits per heavy atom. The molecule has 214 valence electrons. The second-order valence-corrected chi connectivity index (χ2v) is 8.94. The number of hydrogen-bond donors (Lipinski definition) is 5. The maximum absolute atomic E-state index is 12.4. The van der Waals surface area contributed by atoms with Gasteiger partial charge < -0.3 is 20.4 Å². The van der Waals surface area contributed by atoms with E-state index in [0.717, 1.165) is 17.7 Å². The third kappa shape index (κ3) is 10.1. The van der Waals surface area contributed by atoms with Crippen molar-refractivity contribution >= 4 is 29.2 Å². The second-order valence-electron chi connectivity index (χ2n) is 8.94. The third-order valence-electron chi connectivity index (χ3n) is 5.62. The van der Waals surface area contributed by atoms with Crippen molar-refractivity contribution in [2.45, 2.75) is 19.9 Å². The van der Waals surface area contributed by atoms with Crippen molar-refractivity contribution in [2.75, 3.05) is 11.9 Å². The molecule has 3 amide bonds. The van der Waals surface area contributed by atoms with Crippen molar-refractivity contribution in [2.24, 2.45) is 5.11 Å². The van der Waals surface area contributed by atoms with E-state index in [4.69, 9.17) is 15.4 Å². The molecule has 0 spiro atoms. The van der Waals surface area contributed by atoms with E-state index in [0.29, 0.717) is 11.3 Å². The van der Waals surface area contributed by atoms with Crippen LogP contribution in [0.1, 0.15) is 44.2 Å². The molecule has 5 N–H and O–H groups in total. The number of hydrogen-bond acceptors (Lipinski definition) is 7. The summed E-state index contributed by atoms with van der Waals surface area (Å²) in [7, 11) is 0. The number of amides is 3. The van der Waals surface area contributed by atoms with Crippen LogP contribution in [-0.4, -0.2) is 30.1 Å². The van der Waals surface area contributed by atoms with Crippen LogP contribution in [0, 0.1) is 17.9 Å². The summed E-state index contributed by atoms with van der Waals surface area (Å²) in [5.41, 5.74) is 9.27. The van der Waals surface area contributed by atoms with E-state index in [9.17, 15) is 19.2 Å². The van der Waals surface area contributed by atoms with Crippen LogP contribution >= 0.6 is 0 Å². The Kier molecular flexibility index (Phi) is 11.6. The molecule has 0 unspecified atom stereocenters. The summed E-state index contributed by atoms with van der Waals surface area (Å²) in [4.78, 5) is 48.9. The quantitative estimate of drug-likeness (QED) is 0.112. The number of nitrogens with zero attached hydrogens (tertiary/aromatic N) is 1. The molecule has 4 aromatic rings. The number of amidine groups is 1. The molecule has 0 saturated carbocycles. The average Bonchev–Trinajstić information content (AvgIpc) is 3.00. The lowest BCUT2D eigenvalue weighted by atomic mass is 10.2. The van der Waals surface area contributed by atoms with Crippen LogP contribution in [0.25, 0.3) is 0 Å². The van der Waals surface area contributed by atoms with Crippen molar-refractivity contribution in [1.82, 2.24) is 10.6 Å². The monoisotopic (exact) mass is 566 g/mol. The highest BCUT2D eigenvalue weighted by Gasteiger charge is 2.16. The summed E-state index contributed by atoms with van der Waals surface area (Å²) in [6.07, 6.45) is -0.0856. The first kappa shape index (κ1) is 30.8. The lowest BCUT2D eigenvalue weighted by molar-refractivity contribution is -0.116. The van der Waals surface area contributed by atoms with Crippen LogP contribution in [0.5, 0.6) is 0 Å². The van der Waals surface area contributed by atoms with Gasteiger partial charge in [-0.1, -0.05) is 78.4 Å². The molecule has 0 radical (unpaired) electrons. The third-order valence-corrected chi connectivity index (χ3v) is 5.62. The van der Waals surface area contributed by atoms with Gasteiger partial charge in [0.2, 0.25) is 5.91 Å². The zero-order valence-corrected chi connectivity index (χ0v) is 22.8. The highest BCUT2D eigenvalue weighted by Crippen LogP contribution is 2.12. The highest BCUT2D eigenvalue weighted by molar-refractivity contribution is 5.99. The summed E-state index contributed by atoms with van der Waals surface area (Å²) < 4.78 is 5.30. The van der Waals surface area contributed by atoms with E-state index in [1.807, 2.05) is 48.5 Å². The highest BCUT2D eigenvalue weighted by atomic mass is 16.4. The molecule has 0 fully saturated rings. The molecule has 1 heterocycles. The van der Waals surface area contributed by atoms with Gasteiger partial charge in [-0.2, -0.15) is 0 Å². The number of carbonyl (C=O) groups is 3. The minimum absolute atomic E-state index is 0.0592. The van der Waals surface area contributed by atoms with Gasteiger partial charge >= 0.3 is 0 Å². The first-order chi connectivity index (χ1) is 20.2. The SMILES string of the molecule is Cc1ccccc1.N=NC(=N)c1cccc(NC(=O)CCNC(=O)c2cc(=O)cc(C(=O)NCc3ccccc3)o2)c1. The Balaban J connectivity index is 0.000000603. The van der Waals surface area contributed by atoms with Gasteiger partial charge in [-0.15, -0.1) is 5.11 Å². The van der Waals surface area contributed by atoms with Crippen LogP contribution in [0.2, 0.25) is 0 Å². The Labute approximate surface area is 242 Å². The molecule has 0 aliphatic heterocycles. The summed E-state index contributed by atoms with van der Waals surface area (Å²) in [6, 6.07) is 27.7. The molecule has 0 bridgehead atoms. The van der Waals surface area contributed by atoms with Crippen LogP contribution in [0.4, 0.5) is 5.69 Å². The summed E-state index contributed by atoms with van der Waals surface area (Å²) in [5.74, 6) is -2.71. The molecule has 11 heteroatoms. The molecule has 1 aromatic heterocycles. The smallest absolute Gasteiger partial charge is 0.287 e. The topological polar surface area (TPSA) is 178 Å². The predicted molar refractivity (Wildman–Crippen MR) is 158 cm³/mol. The number of rotatable bonds is 9. The van der Waals surface area contributed by atoms with Crippen molar-refractivity contribution in [3.63, 3.8) is 0 Å². The van der Waals surface area contributed by atoms with Crippen LogP contribution in [-0.2, 0) is 11.3 Å². The molecule has 0 aliphatic rings. The largest absolute Gasteiger partial charge is 0.445 e. The molecule has 4 rings (SSSR count). The second kappa shape index (κ2) is 15.8. The number of aryl methyl sites for hydroxylation is 1. The van der Waals surface area contributed by atoms with Gasteiger partial charge in [0.15, 0.2) is 22.8 Å². The fourth-order valence-corrected chi connectivity index (χ4v) is 3.51. The zero-order chi connectivity index (χ0) is 30.3. The lowest BCUT2D eigenvalue weighted by Gasteiger charge is -2.08. The fraction of sp³-hybridized carbons (Fsp3) is 0.129. The molecule has 0 atom stereocenters. The van der Waals surface area contributed by atoms with Crippen molar-refractivity contribution in [3.05, 3.63) is 135 Å². The Bertz CT molecular complexity index is 1600. The average molecular weight is 567 g/mol. The van der Waals surface area contributed by atoms with Gasteiger partial charge in [0.1, 0.15) is 0 Å². The van der Waals surface area contributed by atoms with E-state index in [2.05, 4.69) is 40.1 Å². The van der Waals surface area contributed by atoms with E-state index in [1.165, 1.54) is 11.6 Å². The first-order valence-corrected chi connectivity index (χ1v) is 12.9. The van der Waals surface area contributed by atoms with E-state index >= 15 is 0 Å². The van der Waals surface area contributed by atoms with Crippen LogP contribution in [0.3, 0.4) is 0 Å². The Morgan fingerprint density at radius 1 is 0.810 bits per heavy atom. The van der Waals surface area contributed by atoms with Gasteiger partial charge in [0.25, 0.3) is 11.8 Å². The summed E-state index contributed by atoms with van der Waals surface area (Å²) in [6.45, 7) is 2.24. The van der Waals surface area contributed by atoms with Gasteiger partial charge in [0.05, 0.1) is 0 Å².